The van der Waals surface area contributed by atoms with Crippen LogP contribution in [0, 0.1) is 23.7 Å². The van der Waals surface area contributed by atoms with Crippen molar-refractivity contribution in [2.45, 2.75) is 25.7 Å². The van der Waals surface area contributed by atoms with Crippen LogP contribution in [0.1, 0.15) is 31.2 Å². The minimum Gasteiger partial charge on any atom is -0.235 e. The molecule has 0 radical (unpaired) electrons. The lowest BCUT2D eigenvalue weighted by molar-refractivity contribution is 0.365. The quantitative estimate of drug-likeness (QED) is 0.565. The van der Waals surface area contributed by atoms with Crippen LogP contribution in [0.3, 0.4) is 0 Å². The van der Waals surface area contributed by atoms with Gasteiger partial charge >= 0.3 is 0 Å². The molecule has 3 heteroatoms. The molecule has 0 unspecified atom stereocenters. The standard InChI is InChI=1S/C20H19ClN2/c1-2-15-3-5-16(6-4-15)7-8-17-13-22-20(23-14-17)18-9-11-19(21)12-10-18/h2,9-16H,1,3-6H2/t15-,16-. The van der Waals surface area contributed by atoms with Crippen LogP contribution in [0.15, 0.2) is 49.3 Å². The Bertz CT molecular complexity index is 715. The van der Waals surface area contributed by atoms with Gasteiger partial charge in [0.25, 0.3) is 0 Å². The van der Waals surface area contributed by atoms with E-state index in [0.717, 1.165) is 24.0 Å². The fourth-order valence-electron chi connectivity index (χ4n) is 2.83. The molecule has 23 heavy (non-hydrogen) atoms. The van der Waals surface area contributed by atoms with Crippen LogP contribution >= 0.6 is 11.6 Å². The lowest BCUT2D eigenvalue weighted by atomic mass is 9.82. The third kappa shape index (κ3) is 4.21. The fourth-order valence-corrected chi connectivity index (χ4v) is 2.95. The first-order chi connectivity index (χ1) is 11.2. The van der Waals surface area contributed by atoms with Gasteiger partial charge in [-0.05, 0) is 55.9 Å². The van der Waals surface area contributed by atoms with Crippen LogP contribution in [-0.4, -0.2) is 9.97 Å². The van der Waals surface area contributed by atoms with E-state index in [9.17, 15) is 0 Å². The van der Waals surface area contributed by atoms with Crippen molar-refractivity contribution in [1.82, 2.24) is 9.97 Å². The number of nitrogens with zero attached hydrogens (tertiary/aromatic N) is 2. The van der Waals surface area contributed by atoms with E-state index in [1.54, 1.807) is 12.4 Å². The lowest BCUT2D eigenvalue weighted by Crippen LogP contribution is -2.11. The number of hydrogen-bond acceptors (Lipinski definition) is 2. The van der Waals surface area contributed by atoms with Gasteiger partial charge in [-0.15, -0.1) is 6.58 Å². The molecule has 0 spiro atoms. The Morgan fingerprint density at radius 2 is 1.70 bits per heavy atom. The average molecular weight is 323 g/mol. The molecule has 1 heterocycles. The summed E-state index contributed by atoms with van der Waals surface area (Å²) >= 11 is 5.89. The lowest BCUT2D eigenvalue weighted by Gasteiger charge is -2.22. The highest BCUT2D eigenvalue weighted by atomic mass is 35.5. The Hall–Kier alpha value is -2.11. The van der Waals surface area contributed by atoms with Gasteiger partial charge in [-0.2, -0.15) is 0 Å². The van der Waals surface area contributed by atoms with Gasteiger partial charge in [0.2, 0.25) is 0 Å². The molecule has 2 aromatic rings. The van der Waals surface area contributed by atoms with E-state index < -0.39 is 0 Å². The van der Waals surface area contributed by atoms with Crippen molar-refractivity contribution in [2.75, 3.05) is 0 Å². The molecule has 0 aliphatic heterocycles. The minimum atomic E-state index is 0.488. The summed E-state index contributed by atoms with van der Waals surface area (Å²) in [5.74, 6) is 8.44. The van der Waals surface area contributed by atoms with Crippen molar-refractivity contribution < 1.29 is 0 Å². The summed E-state index contributed by atoms with van der Waals surface area (Å²) < 4.78 is 0. The van der Waals surface area contributed by atoms with Crippen molar-refractivity contribution in [3.05, 3.63) is 59.9 Å². The average Bonchev–Trinajstić information content (AvgIpc) is 2.61. The summed E-state index contributed by atoms with van der Waals surface area (Å²) in [5, 5.41) is 0.711. The molecular formula is C20H19ClN2. The summed E-state index contributed by atoms with van der Waals surface area (Å²) in [6, 6.07) is 7.52. The van der Waals surface area contributed by atoms with E-state index in [-0.39, 0.29) is 0 Å². The molecule has 0 amide bonds. The van der Waals surface area contributed by atoms with Gasteiger partial charge in [0.05, 0.1) is 5.56 Å². The van der Waals surface area contributed by atoms with Crippen LogP contribution in [0.5, 0.6) is 0 Å². The fraction of sp³-hybridized carbons (Fsp3) is 0.300. The number of hydrogen-bond donors (Lipinski definition) is 0. The Balaban J connectivity index is 1.65. The molecule has 0 saturated heterocycles. The van der Waals surface area contributed by atoms with Crippen molar-refractivity contribution >= 4 is 11.6 Å². The van der Waals surface area contributed by atoms with Gasteiger partial charge in [0.1, 0.15) is 0 Å². The topological polar surface area (TPSA) is 25.8 Å². The monoisotopic (exact) mass is 322 g/mol. The summed E-state index contributed by atoms with van der Waals surface area (Å²) in [6.45, 7) is 3.88. The molecule has 1 aliphatic rings. The first-order valence-electron chi connectivity index (χ1n) is 7.96. The molecule has 1 fully saturated rings. The van der Waals surface area contributed by atoms with Gasteiger partial charge in [-0.25, -0.2) is 9.97 Å². The molecule has 0 N–H and O–H groups in total. The first kappa shape index (κ1) is 15.8. The van der Waals surface area contributed by atoms with Crippen molar-refractivity contribution in [3.63, 3.8) is 0 Å². The van der Waals surface area contributed by atoms with Crippen LogP contribution in [0.4, 0.5) is 0 Å². The molecule has 3 rings (SSSR count). The highest BCUT2D eigenvalue weighted by Crippen LogP contribution is 2.28. The number of allylic oxidation sites excluding steroid dienone is 1. The van der Waals surface area contributed by atoms with Gasteiger partial charge < -0.3 is 0 Å². The molecule has 1 saturated carbocycles. The van der Waals surface area contributed by atoms with Gasteiger partial charge in [0.15, 0.2) is 5.82 Å². The Morgan fingerprint density at radius 3 is 2.30 bits per heavy atom. The summed E-state index contributed by atoms with van der Waals surface area (Å²) in [7, 11) is 0. The van der Waals surface area contributed by atoms with E-state index in [4.69, 9.17) is 11.6 Å². The zero-order valence-corrected chi connectivity index (χ0v) is 13.8. The first-order valence-corrected chi connectivity index (χ1v) is 8.34. The highest BCUT2D eigenvalue weighted by molar-refractivity contribution is 6.30. The zero-order chi connectivity index (χ0) is 16.1. The molecule has 1 aromatic heterocycles. The Labute approximate surface area is 142 Å². The second-order valence-corrected chi connectivity index (χ2v) is 6.36. The molecule has 1 aliphatic carbocycles. The van der Waals surface area contributed by atoms with Crippen molar-refractivity contribution in [2.24, 2.45) is 11.8 Å². The van der Waals surface area contributed by atoms with Crippen LogP contribution in [0.2, 0.25) is 5.02 Å². The minimum absolute atomic E-state index is 0.488. The maximum Gasteiger partial charge on any atom is 0.159 e. The molecule has 2 nitrogen and oxygen atoms in total. The molecule has 0 atom stereocenters. The Kier molecular flexibility index (Phi) is 5.10. The largest absolute Gasteiger partial charge is 0.235 e. The maximum atomic E-state index is 5.89. The van der Waals surface area contributed by atoms with E-state index in [2.05, 4.69) is 34.5 Å². The van der Waals surface area contributed by atoms with E-state index in [0.29, 0.717) is 22.7 Å². The SMILES string of the molecule is C=C[C@H]1CC[C@H](C#Cc2cnc(-c3ccc(Cl)cc3)nc2)CC1. The second-order valence-electron chi connectivity index (χ2n) is 5.92. The Morgan fingerprint density at radius 1 is 1.04 bits per heavy atom. The van der Waals surface area contributed by atoms with Crippen LogP contribution in [-0.2, 0) is 0 Å². The van der Waals surface area contributed by atoms with Crippen molar-refractivity contribution in [3.8, 4) is 23.2 Å². The number of rotatable bonds is 2. The van der Waals surface area contributed by atoms with E-state index in [1.165, 1.54) is 12.8 Å². The number of benzene rings is 1. The van der Waals surface area contributed by atoms with Gasteiger partial charge in [0, 0.05) is 28.9 Å². The summed E-state index contributed by atoms with van der Waals surface area (Å²) in [5.41, 5.74) is 1.82. The van der Waals surface area contributed by atoms with Crippen LogP contribution < -0.4 is 0 Å². The van der Waals surface area contributed by atoms with Gasteiger partial charge in [-0.3, -0.25) is 0 Å². The molecular weight excluding hydrogens is 304 g/mol. The predicted molar refractivity (Wildman–Crippen MR) is 95.0 cm³/mol. The molecule has 1 aromatic carbocycles. The zero-order valence-electron chi connectivity index (χ0n) is 13.0. The van der Waals surface area contributed by atoms with E-state index in [1.807, 2.05) is 24.3 Å². The molecule has 116 valence electrons. The second kappa shape index (κ2) is 7.44. The highest BCUT2D eigenvalue weighted by Gasteiger charge is 2.17. The third-order valence-electron chi connectivity index (χ3n) is 4.28. The van der Waals surface area contributed by atoms with Gasteiger partial charge in [-0.1, -0.05) is 29.5 Å². The third-order valence-corrected chi connectivity index (χ3v) is 4.53. The van der Waals surface area contributed by atoms with Crippen LogP contribution in [0.25, 0.3) is 11.4 Å². The summed E-state index contributed by atoms with van der Waals surface area (Å²) in [4.78, 5) is 8.80. The smallest absolute Gasteiger partial charge is 0.159 e. The van der Waals surface area contributed by atoms with Crippen molar-refractivity contribution in [1.29, 1.82) is 0 Å². The maximum absolute atomic E-state index is 5.89. The summed E-state index contributed by atoms with van der Waals surface area (Å²) in [6.07, 6.45) is 10.4. The number of halogens is 1. The molecule has 0 bridgehead atoms. The predicted octanol–water partition coefficient (Wildman–Crippen LogP) is 5.14. The number of aromatic nitrogens is 2. The van der Waals surface area contributed by atoms with E-state index >= 15 is 0 Å². The normalized spacial score (nSPS) is 20.4.